The third-order valence-corrected chi connectivity index (χ3v) is 3.37. The maximum Gasteiger partial charge on any atom is 0.296 e. The molecule has 6 heteroatoms. The molecule has 0 unspecified atom stereocenters. The molecule has 1 aromatic heterocycles. The Hall–Kier alpha value is -0.0400. The largest absolute Gasteiger partial charge is 0.296 e. The molecule has 1 aromatic rings. The first-order chi connectivity index (χ1) is 4.52. The van der Waals surface area contributed by atoms with Gasteiger partial charge in [0.05, 0.1) is 0 Å². The highest BCUT2D eigenvalue weighted by molar-refractivity contribution is 7.87. The number of hydrogen-bond acceptors (Lipinski definition) is 4. The second kappa shape index (κ2) is 2.54. The van der Waals surface area contributed by atoms with Crippen LogP contribution in [0.15, 0.2) is 20.6 Å². The van der Waals surface area contributed by atoms with Crippen LogP contribution in [0.5, 0.6) is 0 Å². The van der Waals surface area contributed by atoms with Crippen LogP contribution >= 0.6 is 24.0 Å². The zero-order chi connectivity index (χ0) is 7.78. The Morgan fingerprint density at radius 1 is 1.50 bits per heavy atom. The van der Waals surface area contributed by atoms with E-state index in [9.17, 15) is 8.42 Å². The molecule has 0 amide bonds. The molecule has 0 spiro atoms. The first kappa shape index (κ1) is 8.06. The molecule has 0 atom stereocenters. The number of rotatable bonds is 1. The van der Waals surface area contributed by atoms with Gasteiger partial charge in [0, 0.05) is 15.7 Å². The highest BCUT2D eigenvalue weighted by Crippen LogP contribution is 2.22. The summed E-state index contributed by atoms with van der Waals surface area (Å²) in [5, 5.41) is 2.86. The molecule has 0 aliphatic carbocycles. The fraction of sp³-hybridized carbons (Fsp3) is 0. The van der Waals surface area contributed by atoms with Gasteiger partial charge in [0.2, 0.25) is 0 Å². The first-order valence-corrected chi connectivity index (χ1v) is 5.07. The van der Waals surface area contributed by atoms with Crippen LogP contribution in [0.1, 0.15) is 0 Å². The van der Waals surface area contributed by atoms with E-state index in [4.69, 9.17) is 4.55 Å². The Morgan fingerprint density at radius 3 is 2.30 bits per heavy atom. The molecule has 0 aliphatic heterocycles. The minimum absolute atomic E-state index is 0.124. The molecule has 0 aromatic carbocycles. The van der Waals surface area contributed by atoms with Crippen LogP contribution in [-0.4, -0.2) is 13.0 Å². The van der Waals surface area contributed by atoms with Crippen molar-refractivity contribution in [2.75, 3.05) is 0 Å². The van der Waals surface area contributed by atoms with Gasteiger partial charge in [0.1, 0.15) is 4.90 Å². The van der Waals surface area contributed by atoms with Crippen molar-refractivity contribution in [3.05, 3.63) is 10.8 Å². The van der Waals surface area contributed by atoms with Crippen molar-refractivity contribution in [3.8, 4) is 0 Å². The van der Waals surface area contributed by atoms with Gasteiger partial charge in [0.25, 0.3) is 10.1 Å². The lowest BCUT2D eigenvalue weighted by atomic mass is 10.7. The number of thiophene rings is 1. The topological polar surface area (TPSA) is 54.4 Å². The molecule has 0 saturated heterocycles. The molecule has 1 rings (SSSR count). The third kappa shape index (κ3) is 1.51. The maximum absolute atomic E-state index is 10.4. The Kier molecular flexibility index (Phi) is 2.04. The summed E-state index contributed by atoms with van der Waals surface area (Å²) in [5.74, 6) is 0. The number of thiol groups is 1. The lowest BCUT2D eigenvalue weighted by Gasteiger charge is -1.90. The molecule has 0 bridgehead atoms. The Morgan fingerprint density at radius 2 is 2.10 bits per heavy atom. The minimum atomic E-state index is -4.06. The molecule has 1 N–H and O–H groups in total. The smallest absolute Gasteiger partial charge is 0.282 e. The summed E-state index contributed by atoms with van der Waals surface area (Å²) in [6.45, 7) is 0. The molecule has 1 heterocycles. The van der Waals surface area contributed by atoms with Gasteiger partial charge in [0.15, 0.2) is 0 Å². The van der Waals surface area contributed by atoms with Crippen molar-refractivity contribution >= 4 is 34.1 Å². The maximum atomic E-state index is 10.4. The minimum Gasteiger partial charge on any atom is -0.282 e. The van der Waals surface area contributed by atoms with Gasteiger partial charge in [-0.1, -0.05) is 0 Å². The Bertz CT molecular complexity index is 323. The van der Waals surface area contributed by atoms with Crippen LogP contribution < -0.4 is 0 Å². The van der Waals surface area contributed by atoms with Crippen molar-refractivity contribution in [1.82, 2.24) is 0 Å². The predicted octanol–water partition coefficient (Wildman–Crippen LogP) is 1.28. The lowest BCUT2D eigenvalue weighted by molar-refractivity contribution is 0.481. The van der Waals surface area contributed by atoms with E-state index in [0.29, 0.717) is 0 Å². The van der Waals surface area contributed by atoms with Crippen molar-refractivity contribution in [1.29, 1.82) is 0 Å². The average Bonchev–Trinajstić information content (AvgIpc) is 2.11. The van der Waals surface area contributed by atoms with E-state index in [2.05, 4.69) is 12.6 Å². The van der Waals surface area contributed by atoms with Crippen LogP contribution in [0, 0.1) is 0 Å². The molecule has 3 nitrogen and oxygen atoms in total. The van der Waals surface area contributed by atoms with Crippen LogP contribution in [0.4, 0.5) is 0 Å². The summed E-state index contributed by atoms with van der Waals surface area (Å²) < 4.78 is 29.3. The van der Waals surface area contributed by atoms with Crippen LogP contribution in [-0.2, 0) is 10.1 Å². The summed E-state index contributed by atoms with van der Waals surface area (Å²) in [6.07, 6.45) is 0. The van der Waals surface area contributed by atoms with E-state index < -0.39 is 10.1 Å². The molecule has 0 saturated carbocycles. The second-order valence-corrected chi connectivity index (χ2v) is 4.21. The van der Waals surface area contributed by atoms with E-state index in [1.807, 2.05) is 0 Å². The molecular weight excluding hydrogens is 192 g/mol. The standard InChI is InChI=1S/C4H4O3S3/c5-10(6,7)4-2-9-1-3(4)8/h1-2,8H,(H,5,6,7). The zero-order valence-electron chi connectivity index (χ0n) is 4.68. The normalized spacial score (nSPS) is 11.8. The van der Waals surface area contributed by atoms with Crippen LogP contribution in [0.3, 0.4) is 0 Å². The fourth-order valence-electron chi connectivity index (χ4n) is 0.472. The summed E-state index contributed by atoms with van der Waals surface area (Å²) in [5.41, 5.74) is 0. The monoisotopic (exact) mass is 196 g/mol. The van der Waals surface area contributed by atoms with Crippen molar-refractivity contribution in [2.24, 2.45) is 0 Å². The number of hydrogen-bond donors (Lipinski definition) is 2. The van der Waals surface area contributed by atoms with Crippen molar-refractivity contribution in [3.63, 3.8) is 0 Å². The van der Waals surface area contributed by atoms with E-state index in [1.165, 1.54) is 22.1 Å². The zero-order valence-corrected chi connectivity index (χ0v) is 7.21. The van der Waals surface area contributed by atoms with Crippen LogP contribution in [0.2, 0.25) is 0 Å². The van der Waals surface area contributed by atoms with E-state index in [1.54, 1.807) is 0 Å². The highest BCUT2D eigenvalue weighted by Gasteiger charge is 2.13. The lowest BCUT2D eigenvalue weighted by Crippen LogP contribution is -1.95. The molecule has 0 aliphatic rings. The van der Waals surface area contributed by atoms with Crippen LogP contribution in [0.25, 0.3) is 0 Å². The van der Waals surface area contributed by atoms with E-state index in [-0.39, 0.29) is 9.79 Å². The molecule has 0 fully saturated rings. The predicted molar refractivity (Wildman–Crippen MR) is 41.4 cm³/mol. The Balaban J connectivity index is 3.32. The van der Waals surface area contributed by atoms with Crippen molar-refractivity contribution < 1.29 is 13.0 Å². The summed E-state index contributed by atoms with van der Waals surface area (Å²) >= 11 is 4.99. The van der Waals surface area contributed by atoms with E-state index >= 15 is 0 Å². The van der Waals surface area contributed by atoms with Gasteiger partial charge < -0.3 is 0 Å². The Labute approximate surface area is 67.9 Å². The molecule has 10 heavy (non-hydrogen) atoms. The SMILES string of the molecule is O=S(=O)(O)c1cscc1S. The van der Waals surface area contributed by atoms with Crippen molar-refractivity contribution in [2.45, 2.75) is 9.79 Å². The summed E-state index contributed by atoms with van der Waals surface area (Å²) in [6, 6.07) is 0. The van der Waals surface area contributed by atoms with Gasteiger partial charge >= 0.3 is 0 Å². The first-order valence-electron chi connectivity index (χ1n) is 2.24. The van der Waals surface area contributed by atoms with Gasteiger partial charge in [-0.15, -0.1) is 24.0 Å². The van der Waals surface area contributed by atoms with Gasteiger partial charge in [-0.2, -0.15) is 8.42 Å². The molecule has 0 radical (unpaired) electrons. The van der Waals surface area contributed by atoms with Gasteiger partial charge in [-0.3, -0.25) is 4.55 Å². The fourth-order valence-corrected chi connectivity index (χ4v) is 2.78. The van der Waals surface area contributed by atoms with Gasteiger partial charge in [-0.25, -0.2) is 0 Å². The third-order valence-electron chi connectivity index (χ3n) is 0.885. The molecule has 56 valence electrons. The second-order valence-electron chi connectivity index (χ2n) is 1.60. The quantitative estimate of drug-likeness (QED) is 0.525. The van der Waals surface area contributed by atoms with E-state index in [0.717, 1.165) is 0 Å². The average molecular weight is 196 g/mol. The molecular formula is C4H4O3S3. The van der Waals surface area contributed by atoms with Gasteiger partial charge in [-0.05, 0) is 0 Å². The summed E-state index contributed by atoms with van der Waals surface area (Å²) in [7, 11) is -4.06. The summed E-state index contributed by atoms with van der Waals surface area (Å²) in [4.78, 5) is 0.160. The highest BCUT2D eigenvalue weighted by atomic mass is 32.2.